The highest BCUT2D eigenvalue weighted by atomic mass is 32.2. The van der Waals surface area contributed by atoms with Crippen molar-refractivity contribution in [2.24, 2.45) is 0 Å². The van der Waals surface area contributed by atoms with E-state index >= 15 is 0 Å². The molecular weight excluding hydrogens is 226 g/mol. The van der Waals surface area contributed by atoms with Crippen molar-refractivity contribution in [1.82, 2.24) is 4.98 Å². The van der Waals surface area contributed by atoms with Gasteiger partial charge in [0.2, 0.25) is 9.84 Å². The second-order valence-corrected chi connectivity index (χ2v) is 6.94. The normalized spacial score (nSPS) is 18.7. The summed E-state index contributed by atoms with van der Waals surface area (Å²) in [5.74, 6) is 0.389. The molecule has 0 saturated heterocycles. The Morgan fingerprint density at radius 2 is 2.00 bits per heavy atom. The molecule has 0 unspecified atom stereocenters. The smallest absolute Gasteiger partial charge is 0.202 e. The highest BCUT2D eigenvalue weighted by molar-refractivity contribution is 7.91. The monoisotopic (exact) mass is 241 g/mol. The number of fused-ring (bicyclic) bond motifs is 1. The Bertz CT molecular complexity index is 515. The Labute approximate surface area is 95.6 Å². The summed E-state index contributed by atoms with van der Waals surface area (Å²) < 4.78 is 28.9. The van der Waals surface area contributed by atoms with E-state index in [2.05, 4.69) is 4.98 Å². The molecular formula is C11H15NO3S. The number of ether oxygens (including phenoxy) is 1. The second-order valence-electron chi connectivity index (χ2n) is 4.92. The SMILES string of the molecule is CC(C)(C)c1ccc2c(n1)S(=O)(=O)CCO2. The van der Waals surface area contributed by atoms with Crippen molar-refractivity contribution in [2.75, 3.05) is 12.4 Å². The van der Waals surface area contributed by atoms with Gasteiger partial charge in [-0.25, -0.2) is 13.4 Å². The van der Waals surface area contributed by atoms with Crippen LogP contribution in [0.2, 0.25) is 0 Å². The van der Waals surface area contributed by atoms with Gasteiger partial charge in [-0.15, -0.1) is 0 Å². The van der Waals surface area contributed by atoms with E-state index in [0.29, 0.717) is 5.75 Å². The molecule has 0 fully saturated rings. The van der Waals surface area contributed by atoms with Gasteiger partial charge >= 0.3 is 0 Å². The Kier molecular flexibility index (Phi) is 2.45. The highest BCUT2D eigenvalue weighted by Crippen LogP contribution is 2.30. The molecule has 1 aliphatic rings. The maximum Gasteiger partial charge on any atom is 0.202 e. The largest absolute Gasteiger partial charge is 0.489 e. The zero-order valence-electron chi connectivity index (χ0n) is 9.65. The van der Waals surface area contributed by atoms with Gasteiger partial charge in [0.05, 0.1) is 5.75 Å². The van der Waals surface area contributed by atoms with Crippen LogP contribution in [0.3, 0.4) is 0 Å². The molecule has 2 heterocycles. The number of aromatic nitrogens is 1. The summed E-state index contributed by atoms with van der Waals surface area (Å²) >= 11 is 0. The van der Waals surface area contributed by atoms with Crippen LogP contribution in [0.1, 0.15) is 26.5 Å². The Hall–Kier alpha value is -1.10. The van der Waals surface area contributed by atoms with Crippen LogP contribution in [0, 0.1) is 0 Å². The molecule has 1 aliphatic heterocycles. The molecule has 88 valence electrons. The number of hydrogen-bond acceptors (Lipinski definition) is 4. The van der Waals surface area contributed by atoms with E-state index in [-0.39, 0.29) is 22.8 Å². The van der Waals surface area contributed by atoms with Gasteiger partial charge < -0.3 is 4.74 Å². The Balaban J connectivity index is 2.61. The minimum Gasteiger partial charge on any atom is -0.489 e. The maximum absolute atomic E-state index is 11.8. The van der Waals surface area contributed by atoms with Gasteiger partial charge in [0.1, 0.15) is 6.61 Å². The minimum absolute atomic E-state index is 0.0145. The van der Waals surface area contributed by atoms with Crippen molar-refractivity contribution in [2.45, 2.75) is 31.2 Å². The zero-order chi connectivity index (χ0) is 12.0. The van der Waals surface area contributed by atoms with Gasteiger partial charge in [-0.05, 0) is 12.1 Å². The van der Waals surface area contributed by atoms with Crippen LogP contribution in [0.4, 0.5) is 0 Å². The molecule has 1 aromatic heterocycles. The molecule has 0 atom stereocenters. The molecule has 16 heavy (non-hydrogen) atoms. The average Bonchev–Trinajstić information content (AvgIpc) is 2.15. The summed E-state index contributed by atoms with van der Waals surface area (Å²) in [7, 11) is -3.26. The predicted molar refractivity (Wildman–Crippen MR) is 60.5 cm³/mol. The quantitative estimate of drug-likeness (QED) is 0.691. The van der Waals surface area contributed by atoms with E-state index < -0.39 is 9.84 Å². The molecule has 0 radical (unpaired) electrons. The van der Waals surface area contributed by atoms with Crippen LogP contribution in [-0.4, -0.2) is 25.8 Å². The van der Waals surface area contributed by atoms with Gasteiger partial charge in [0.25, 0.3) is 0 Å². The van der Waals surface area contributed by atoms with Crippen LogP contribution >= 0.6 is 0 Å². The van der Waals surface area contributed by atoms with Crippen LogP contribution in [-0.2, 0) is 15.3 Å². The summed E-state index contributed by atoms with van der Waals surface area (Å²) in [6, 6.07) is 3.51. The molecule has 0 saturated carbocycles. The molecule has 0 amide bonds. The van der Waals surface area contributed by atoms with Crippen LogP contribution in [0.5, 0.6) is 5.75 Å². The number of pyridine rings is 1. The lowest BCUT2D eigenvalue weighted by atomic mass is 9.92. The van der Waals surface area contributed by atoms with Crippen molar-refractivity contribution in [1.29, 1.82) is 0 Å². The van der Waals surface area contributed by atoms with Crippen molar-refractivity contribution >= 4 is 9.84 Å². The molecule has 0 aliphatic carbocycles. The summed E-state index contributed by atoms with van der Waals surface area (Å²) in [5, 5.41) is 0.0891. The van der Waals surface area contributed by atoms with Crippen molar-refractivity contribution in [3.8, 4) is 5.75 Å². The number of hydrogen-bond donors (Lipinski definition) is 0. The Morgan fingerprint density at radius 1 is 1.31 bits per heavy atom. The average molecular weight is 241 g/mol. The maximum atomic E-state index is 11.8. The lowest BCUT2D eigenvalue weighted by molar-refractivity contribution is 0.317. The fourth-order valence-corrected chi connectivity index (χ4v) is 2.70. The summed E-state index contributed by atoms with van der Waals surface area (Å²) in [6.07, 6.45) is 0. The van der Waals surface area contributed by atoms with Crippen molar-refractivity contribution < 1.29 is 13.2 Å². The predicted octanol–water partition coefficient (Wildman–Crippen LogP) is 1.55. The lowest BCUT2D eigenvalue weighted by Crippen LogP contribution is -2.24. The van der Waals surface area contributed by atoms with E-state index in [9.17, 15) is 8.42 Å². The molecule has 0 aromatic carbocycles. The number of sulfone groups is 1. The number of nitrogens with zero attached hydrogens (tertiary/aromatic N) is 1. The summed E-state index contributed by atoms with van der Waals surface area (Å²) in [6.45, 7) is 6.21. The van der Waals surface area contributed by atoms with E-state index in [0.717, 1.165) is 5.69 Å². The van der Waals surface area contributed by atoms with E-state index in [1.807, 2.05) is 26.8 Å². The van der Waals surface area contributed by atoms with Gasteiger partial charge in [0.15, 0.2) is 10.8 Å². The van der Waals surface area contributed by atoms with Crippen LogP contribution < -0.4 is 4.74 Å². The van der Waals surface area contributed by atoms with Gasteiger partial charge in [0, 0.05) is 11.1 Å². The first-order valence-corrected chi connectivity index (χ1v) is 6.83. The molecule has 0 spiro atoms. The Morgan fingerprint density at radius 3 is 2.62 bits per heavy atom. The third-order valence-electron chi connectivity index (χ3n) is 2.50. The minimum atomic E-state index is -3.26. The van der Waals surface area contributed by atoms with Gasteiger partial charge in [-0.2, -0.15) is 0 Å². The summed E-state index contributed by atoms with van der Waals surface area (Å²) in [5.41, 5.74) is 0.600. The van der Waals surface area contributed by atoms with Crippen molar-refractivity contribution in [3.63, 3.8) is 0 Å². The molecule has 0 bridgehead atoms. The van der Waals surface area contributed by atoms with E-state index in [1.54, 1.807) is 6.07 Å². The zero-order valence-corrected chi connectivity index (χ0v) is 10.5. The topological polar surface area (TPSA) is 56.3 Å². The van der Waals surface area contributed by atoms with Gasteiger partial charge in [-0.1, -0.05) is 20.8 Å². The van der Waals surface area contributed by atoms with E-state index in [4.69, 9.17) is 4.74 Å². The first-order valence-electron chi connectivity index (χ1n) is 5.18. The fourth-order valence-electron chi connectivity index (χ4n) is 1.54. The van der Waals surface area contributed by atoms with Crippen LogP contribution in [0.25, 0.3) is 0 Å². The fraction of sp³-hybridized carbons (Fsp3) is 0.545. The molecule has 4 nitrogen and oxygen atoms in total. The van der Waals surface area contributed by atoms with E-state index in [1.165, 1.54) is 0 Å². The first kappa shape index (κ1) is 11.4. The third kappa shape index (κ3) is 1.91. The number of rotatable bonds is 0. The van der Waals surface area contributed by atoms with Crippen LogP contribution in [0.15, 0.2) is 17.2 Å². The van der Waals surface area contributed by atoms with Gasteiger partial charge in [-0.3, -0.25) is 0 Å². The third-order valence-corrected chi connectivity index (χ3v) is 4.08. The van der Waals surface area contributed by atoms with Crippen molar-refractivity contribution in [3.05, 3.63) is 17.8 Å². The second kappa shape index (κ2) is 3.45. The molecule has 0 N–H and O–H groups in total. The highest BCUT2D eigenvalue weighted by Gasteiger charge is 2.28. The summed E-state index contributed by atoms with van der Waals surface area (Å²) in [4.78, 5) is 4.22. The lowest BCUT2D eigenvalue weighted by Gasteiger charge is -2.22. The molecule has 2 rings (SSSR count). The molecule has 5 heteroatoms. The standard InChI is InChI=1S/C11H15NO3S/c1-11(2,3)9-5-4-8-10(12-9)16(13,14)7-6-15-8/h4-5H,6-7H2,1-3H3. The first-order chi connectivity index (χ1) is 7.31. The molecule has 1 aromatic rings.